The fourth-order valence-corrected chi connectivity index (χ4v) is 4.06. The molecule has 0 saturated carbocycles. The van der Waals surface area contributed by atoms with E-state index in [0.29, 0.717) is 32.7 Å². The molecule has 0 spiro atoms. The summed E-state index contributed by atoms with van der Waals surface area (Å²) in [6, 6.07) is 9.22. The molecule has 1 saturated heterocycles. The summed E-state index contributed by atoms with van der Waals surface area (Å²) in [7, 11) is -3.43. The first kappa shape index (κ1) is 19.6. The maximum Gasteiger partial charge on any atom is 0.278 e. The van der Waals surface area contributed by atoms with Crippen molar-refractivity contribution >= 4 is 22.0 Å². The van der Waals surface area contributed by atoms with Crippen LogP contribution in [0, 0.1) is 0 Å². The number of rotatable bonds is 7. The van der Waals surface area contributed by atoms with E-state index >= 15 is 0 Å². The summed E-state index contributed by atoms with van der Waals surface area (Å²) in [5.74, 6) is 0.0390. The third-order valence-electron chi connectivity index (χ3n) is 4.51. The normalized spacial score (nSPS) is 18.3. The predicted octanol–water partition coefficient (Wildman–Crippen LogP) is 0.102. The first-order valence-corrected chi connectivity index (χ1v) is 10.3. The van der Waals surface area contributed by atoms with Crippen molar-refractivity contribution in [1.82, 2.24) is 9.62 Å². The Hall–Kier alpha value is -1.70. The topological polar surface area (TPSA) is 70.9 Å². The molecule has 0 aliphatic carbocycles. The fourth-order valence-electron chi connectivity index (χ4n) is 2.86. The average molecular weight is 367 g/mol. The van der Waals surface area contributed by atoms with Crippen molar-refractivity contribution in [1.29, 1.82) is 0 Å². The van der Waals surface area contributed by atoms with Crippen molar-refractivity contribution in [2.45, 2.75) is 26.3 Å². The molecular weight excluding hydrogens is 338 g/mol. The number of hydrogen-bond donors (Lipinski definition) is 2. The maximum atomic E-state index is 12.5. The van der Waals surface area contributed by atoms with Crippen LogP contribution in [0.4, 0.5) is 0 Å². The first-order chi connectivity index (χ1) is 11.9. The van der Waals surface area contributed by atoms with Crippen LogP contribution in [0.3, 0.4) is 0 Å². The Morgan fingerprint density at radius 1 is 1.28 bits per heavy atom. The zero-order valence-corrected chi connectivity index (χ0v) is 15.8. The van der Waals surface area contributed by atoms with Crippen molar-refractivity contribution in [2.24, 2.45) is 0 Å². The smallest absolute Gasteiger partial charge is 0.278 e. The molecule has 0 radical (unpaired) electrons. The molecule has 6 nitrogen and oxygen atoms in total. The molecule has 1 aliphatic heterocycles. The second-order valence-corrected chi connectivity index (χ2v) is 8.15. The SMILES string of the molecule is CCCNC(=O)[C@H](C)[NH+]1CCN(S(=O)(=O)/C=C/c2ccccc2)CC1. The highest BCUT2D eigenvalue weighted by molar-refractivity contribution is 7.92. The van der Waals surface area contributed by atoms with Crippen LogP contribution in [0.25, 0.3) is 6.08 Å². The number of carbonyl (C=O) groups excluding carboxylic acids is 1. The van der Waals surface area contributed by atoms with Crippen LogP contribution < -0.4 is 10.2 Å². The molecule has 0 bridgehead atoms. The minimum Gasteiger partial charge on any atom is -0.351 e. The van der Waals surface area contributed by atoms with Crippen LogP contribution >= 0.6 is 0 Å². The number of sulfonamides is 1. The van der Waals surface area contributed by atoms with Gasteiger partial charge in [-0.25, -0.2) is 8.42 Å². The molecule has 7 heteroatoms. The predicted molar refractivity (Wildman–Crippen MR) is 99.4 cm³/mol. The molecule has 2 rings (SSSR count). The lowest BCUT2D eigenvalue weighted by Crippen LogP contribution is -3.19. The third-order valence-corrected chi connectivity index (χ3v) is 6.08. The van der Waals surface area contributed by atoms with Crippen LogP contribution in [0.15, 0.2) is 35.7 Å². The van der Waals surface area contributed by atoms with Crippen LogP contribution in [-0.4, -0.2) is 57.4 Å². The van der Waals surface area contributed by atoms with Gasteiger partial charge in [-0.15, -0.1) is 0 Å². The van der Waals surface area contributed by atoms with Gasteiger partial charge in [-0.2, -0.15) is 4.31 Å². The minimum absolute atomic E-state index is 0.0390. The quantitative estimate of drug-likeness (QED) is 0.719. The summed E-state index contributed by atoms with van der Waals surface area (Å²) < 4.78 is 26.4. The van der Waals surface area contributed by atoms with Crippen molar-refractivity contribution in [2.75, 3.05) is 32.7 Å². The number of amides is 1. The van der Waals surface area contributed by atoms with E-state index in [-0.39, 0.29) is 11.9 Å². The zero-order chi connectivity index (χ0) is 18.3. The molecule has 1 aliphatic rings. The van der Waals surface area contributed by atoms with Gasteiger partial charge in [0.05, 0.1) is 26.2 Å². The molecule has 0 aromatic heterocycles. The van der Waals surface area contributed by atoms with Gasteiger partial charge in [-0.3, -0.25) is 4.79 Å². The fraction of sp³-hybridized carbons (Fsp3) is 0.500. The summed E-state index contributed by atoms with van der Waals surface area (Å²) >= 11 is 0. The van der Waals surface area contributed by atoms with Gasteiger partial charge in [0.15, 0.2) is 6.04 Å². The molecule has 25 heavy (non-hydrogen) atoms. The lowest BCUT2D eigenvalue weighted by atomic mass is 10.2. The first-order valence-electron chi connectivity index (χ1n) is 8.79. The Morgan fingerprint density at radius 3 is 2.52 bits per heavy atom. The van der Waals surface area contributed by atoms with E-state index in [1.807, 2.05) is 44.2 Å². The second kappa shape index (κ2) is 9.12. The molecule has 1 aromatic carbocycles. The lowest BCUT2D eigenvalue weighted by Gasteiger charge is -2.33. The van der Waals surface area contributed by atoms with E-state index in [0.717, 1.165) is 16.9 Å². The summed E-state index contributed by atoms with van der Waals surface area (Å²) in [5, 5.41) is 4.18. The summed E-state index contributed by atoms with van der Waals surface area (Å²) in [5.41, 5.74) is 0.858. The van der Waals surface area contributed by atoms with Crippen LogP contribution in [0.2, 0.25) is 0 Å². The van der Waals surface area contributed by atoms with Gasteiger partial charge in [0.2, 0.25) is 10.0 Å². The highest BCUT2D eigenvalue weighted by Crippen LogP contribution is 2.08. The maximum absolute atomic E-state index is 12.5. The van der Waals surface area contributed by atoms with Crippen LogP contribution in [0.5, 0.6) is 0 Å². The van der Waals surface area contributed by atoms with Gasteiger partial charge in [0.1, 0.15) is 0 Å². The van der Waals surface area contributed by atoms with E-state index in [9.17, 15) is 13.2 Å². The number of quaternary nitrogens is 1. The number of benzene rings is 1. The molecule has 1 atom stereocenters. The van der Waals surface area contributed by atoms with Crippen molar-refractivity contribution in [3.63, 3.8) is 0 Å². The van der Waals surface area contributed by atoms with Crippen molar-refractivity contribution in [3.05, 3.63) is 41.3 Å². The van der Waals surface area contributed by atoms with Gasteiger partial charge in [-0.1, -0.05) is 37.3 Å². The molecule has 1 aromatic rings. The third kappa shape index (κ3) is 5.66. The molecular formula is C18H28N3O3S+. The average Bonchev–Trinajstić information content (AvgIpc) is 2.65. The summed E-state index contributed by atoms with van der Waals surface area (Å²) in [4.78, 5) is 13.2. The van der Waals surface area contributed by atoms with Gasteiger partial charge in [0, 0.05) is 12.0 Å². The van der Waals surface area contributed by atoms with Crippen LogP contribution in [0.1, 0.15) is 25.8 Å². The van der Waals surface area contributed by atoms with E-state index in [1.165, 1.54) is 9.71 Å². The number of carbonyl (C=O) groups is 1. The summed E-state index contributed by atoms with van der Waals surface area (Å²) in [6.45, 7) is 6.74. The second-order valence-electron chi connectivity index (χ2n) is 6.33. The standard InChI is InChI=1S/C18H27N3O3S/c1-3-10-19-18(22)16(2)20-11-13-21(14-12-20)25(23,24)15-9-17-7-5-4-6-8-17/h4-9,15-16H,3,10-14H2,1-2H3,(H,19,22)/p+1/b15-9+/t16-/m0/s1. The van der Waals surface area contributed by atoms with Crippen LogP contribution in [-0.2, 0) is 14.8 Å². The highest BCUT2D eigenvalue weighted by Gasteiger charge is 2.32. The van der Waals surface area contributed by atoms with Crippen molar-refractivity contribution in [3.8, 4) is 0 Å². The Balaban J connectivity index is 1.90. The number of hydrogen-bond acceptors (Lipinski definition) is 3. The Labute approximate surface area is 150 Å². The molecule has 2 N–H and O–H groups in total. The van der Waals surface area contributed by atoms with E-state index in [2.05, 4.69) is 5.32 Å². The van der Waals surface area contributed by atoms with Crippen molar-refractivity contribution < 1.29 is 18.1 Å². The Kier molecular flexibility index (Phi) is 7.16. The monoisotopic (exact) mass is 366 g/mol. The van der Waals surface area contributed by atoms with Gasteiger partial charge < -0.3 is 10.2 Å². The highest BCUT2D eigenvalue weighted by atomic mass is 32.2. The van der Waals surface area contributed by atoms with E-state index in [1.54, 1.807) is 6.08 Å². The van der Waals surface area contributed by atoms with E-state index < -0.39 is 10.0 Å². The van der Waals surface area contributed by atoms with E-state index in [4.69, 9.17) is 0 Å². The lowest BCUT2D eigenvalue weighted by molar-refractivity contribution is -0.917. The largest absolute Gasteiger partial charge is 0.351 e. The molecule has 138 valence electrons. The van der Waals surface area contributed by atoms with Gasteiger partial charge in [0.25, 0.3) is 5.91 Å². The Bertz CT molecular complexity index is 681. The molecule has 1 heterocycles. The number of piperazine rings is 1. The molecule has 1 amide bonds. The zero-order valence-electron chi connectivity index (χ0n) is 14.9. The Morgan fingerprint density at radius 2 is 1.92 bits per heavy atom. The number of nitrogens with zero attached hydrogens (tertiary/aromatic N) is 1. The summed E-state index contributed by atoms with van der Waals surface area (Å²) in [6.07, 6.45) is 2.53. The molecule has 1 fully saturated rings. The molecule has 0 unspecified atom stereocenters. The van der Waals surface area contributed by atoms with Gasteiger partial charge in [-0.05, 0) is 25.0 Å². The van der Waals surface area contributed by atoms with Gasteiger partial charge >= 0.3 is 0 Å². The number of nitrogens with one attached hydrogen (secondary N) is 2. The minimum atomic E-state index is -3.43.